The fraction of sp³-hybridized carbons (Fsp3) is 0.875. The Morgan fingerprint density at radius 2 is 1.70 bits per heavy atom. The standard InChI is InChI=1S/C32H53NO4/c1-20(2)9-8-10-21(3)25-13-14-26-24-12-11-23-19-22(28(29(34)35)33(6,7)30(36)37)15-17-31(23,4)27(24)16-18-32(25,26)5/h11,20-22,24-28H,8-10,12-19H2,1-7H3,(H-,34,35,36,37)/p+1/t21-,22?,24?,25-,26?,27?,28?,31+,32-/m1/s1. The van der Waals surface area contributed by atoms with Crippen LogP contribution < -0.4 is 0 Å². The fourth-order valence-electron chi connectivity index (χ4n) is 10.1. The van der Waals surface area contributed by atoms with Crippen molar-refractivity contribution in [2.24, 2.45) is 52.3 Å². The molecule has 0 radical (unpaired) electrons. The predicted molar refractivity (Wildman–Crippen MR) is 148 cm³/mol. The van der Waals surface area contributed by atoms with E-state index in [-0.39, 0.29) is 11.3 Å². The molecule has 37 heavy (non-hydrogen) atoms. The van der Waals surface area contributed by atoms with E-state index in [1.807, 2.05) is 0 Å². The first-order valence-electron chi connectivity index (χ1n) is 15.2. The highest BCUT2D eigenvalue weighted by molar-refractivity contribution is 5.75. The Bertz CT molecular complexity index is 908. The molecule has 5 nitrogen and oxygen atoms in total. The summed E-state index contributed by atoms with van der Waals surface area (Å²) in [7, 11) is 3.06. The molecule has 1 amide bonds. The molecule has 9 atom stereocenters. The summed E-state index contributed by atoms with van der Waals surface area (Å²) in [6.45, 7) is 12.3. The average molecular weight is 517 g/mol. The van der Waals surface area contributed by atoms with Gasteiger partial charge >= 0.3 is 12.1 Å². The summed E-state index contributed by atoms with van der Waals surface area (Å²) < 4.78 is -0.507. The van der Waals surface area contributed by atoms with E-state index < -0.39 is 22.6 Å². The van der Waals surface area contributed by atoms with Gasteiger partial charge in [-0.25, -0.2) is 9.28 Å². The summed E-state index contributed by atoms with van der Waals surface area (Å²) in [6.07, 6.45) is 14.6. The normalized spacial score (nSPS) is 39.2. The number of hydrogen-bond acceptors (Lipinski definition) is 2. The van der Waals surface area contributed by atoms with Gasteiger partial charge < -0.3 is 10.2 Å². The number of aliphatic carboxylic acids is 1. The molecule has 2 N–H and O–H groups in total. The number of quaternary nitrogens is 1. The van der Waals surface area contributed by atoms with Crippen molar-refractivity contribution in [3.8, 4) is 0 Å². The van der Waals surface area contributed by atoms with Gasteiger partial charge in [-0.2, -0.15) is 4.79 Å². The van der Waals surface area contributed by atoms with E-state index in [2.05, 4.69) is 40.7 Å². The highest BCUT2D eigenvalue weighted by Crippen LogP contribution is 2.67. The van der Waals surface area contributed by atoms with Crippen LogP contribution in [0.3, 0.4) is 0 Å². The van der Waals surface area contributed by atoms with Crippen molar-refractivity contribution in [1.82, 2.24) is 0 Å². The molecule has 0 aromatic carbocycles. The third-order valence-corrected chi connectivity index (χ3v) is 12.2. The van der Waals surface area contributed by atoms with E-state index >= 15 is 0 Å². The number of fused-ring (bicyclic) bond motifs is 5. The summed E-state index contributed by atoms with van der Waals surface area (Å²) in [5, 5.41) is 19.8. The second-order valence-electron chi connectivity index (χ2n) is 14.9. The number of carboxylic acids is 1. The van der Waals surface area contributed by atoms with Crippen LogP contribution in [0.1, 0.15) is 105 Å². The predicted octanol–water partition coefficient (Wildman–Crippen LogP) is 7.85. The molecule has 0 saturated heterocycles. The van der Waals surface area contributed by atoms with Crippen molar-refractivity contribution in [3.05, 3.63) is 11.6 Å². The Hall–Kier alpha value is -1.36. The van der Waals surface area contributed by atoms with Crippen LogP contribution >= 0.6 is 0 Å². The quantitative estimate of drug-likeness (QED) is 0.254. The topological polar surface area (TPSA) is 74.6 Å². The Labute approximate surface area is 225 Å². The summed E-state index contributed by atoms with van der Waals surface area (Å²) in [5.74, 6) is 3.60. The fourth-order valence-corrected chi connectivity index (χ4v) is 10.1. The van der Waals surface area contributed by atoms with Crippen LogP contribution in [0.4, 0.5) is 4.79 Å². The van der Waals surface area contributed by atoms with Crippen LogP contribution in [0.2, 0.25) is 0 Å². The Morgan fingerprint density at radius 1 is 1.00 bits per heavy atom. The first-order valence-corrected chi connectivity index (χ1v) is 15.2. The molecule has 3 saturated carbocycles. The number of likely N-dealkylation sites (N-methyl/N-ethyl adjacent to an activating group) is 1. The molecule has 0 bridgehead atoms. The zero-order chi connectivity index (χ0) is 27.3. The van der Waals surface area contributed by atoms with Crippen molar-refractivity contribution >= 4 is 12.1 Å². The third kappa shape index (κ3) is 4.92. The van der Waals surface area contributed by atoms with Gasteiger partial charge in [0.2, 0.25) is 0 Å². The van der Waals surface area contributed by atoms with Crippen LogP contribution in [0, 0.1) is 52.3 Å². The lowest BCUT2D eigenvalue weighted by molar-refractivity contribution is -0.839. The maximum atomic E-state index is 12.3. The van der Waals surface area contributed by atoms with Gasteiger partial charge in [0.25, 0.3) is 0 Å². The van der Waals surface area contributed by atoms with Gasteiger partial charge in [0, 0.05) is 5.92 Å². The molecule has 5 heteroatoms. The van der Waals surface area contributed by atoms with Crippen molar-refractivity contribution < 1.29 is 24.3 Å². The second kappa shape index (κ2) is 10.3. The van der Waals surface area contributed by atoms with Gasteiger partial charge in [-0.15, -0.1) is 0 Å². The molecule has 5 unspecified atom stereocenters. The number of allylic oxidation sites excluding steroid dienone is 2. The molecule has 210 valence electrons. The van der Waals surface area contributed by atoms with Crippen molar-refractivity contribution in [2.75, 3.05) is 14.1 Å². The van der Waals surface area contributed by atoms with Gasteiger partial charge in [0.1, 0.15) is 0 Å². The molecule has 0 heterocycles. The second-order valence-corrected chi connectivity index (χ2v) is 14.9. The molecule has 3 fully saturated rings. The van der Waals surface area contributed by atoms with Crippen LogP contribution in [0.5, 0.6) is 0 Å². The molecule has 0 spiro atoms. The molecule has 0 aliphatic heterocycles. The van der Waals surface area contributed by atoms with E-state index in [9.17, 15) is 19.8 Å². The minimum Gasteiger partial charge on any atom is -0.477 e. The van der Waals surface area contributed by atoms with Crippen molar-refractivity contribution in [3.63, 3.8) is 0 Å². The van der Waals surface area contributed by atoms with E-state index in [1.54, 1.807) is 0 Å². The number of carbonyl (C=O) groups is 2. The lowest BCUT2D eigenvalue weighted by Crippen LogP contribution is -2.60. The molecule has 0 aromatic rings. The smallest absolute Gasteiger partial charge is 0.477 e. The SMILES string of the molecule is CC(C)CCC[C@@H](C)[C@H]1CCC2C3CC=C4CC(C(C(=O)O)[N+](C)(C)C(=O)O)CC[C@]4(C)C3CC[C@@]21C. The summed E-state index contributed by atoms with van der Waals surface area (Å²) in [4.78, 5) is 24.2. The Kier molecular flexibility index (Phi) is 7.99. The van der Waals surface area contributed by atoms with Crippen LogP contribution in [0.25, 0.3) is 0 Å². The summed E-state index contributed by atoms with van der Waals surface area (Å²) in [5.41, 5.74) is 2.04. The van der Waals surface area contributed by atoms with Gasteiger partial charge in [-0.3, -0.25) is 0 Å². The Morgan fingerprint density at radius 3 is 2.32 bits per heavy atom. The monoisotopic (exact) mass is 516 g/mol. The maximum absolute atomic E-state index is 12.3. The first-order chi connectivity index (χ1) is 17.2. The largest absolute Gasteiger partial charge is 0.513 e. The zero-order valence-corrected chi connectivity index (χ0v) is 24.6. The minimum absolute atomic E-state index is 0.129. The van der Waals surface area contributed by atoms with Gasteiger partial charge in [-0.1, -0.05) is 65.5 Å². The van der Waals surface area contributed by atoms with E-state index in [4.69, 9.17) is 0 Å². The van der Waals surface area contributed by atoms with Crippen molar-refractivity contribution in [1.29, 1.82) is 0 Å². The number of nitrogens with zero attached hydrogens (tertiary/aromatic N) is 1. The van der Waals surface area contributed by atoms with E-state index in [0.717, 1.165) is 55.3 Å². The molecular weight excluding hydrogens is 462 g/mol. The van der Waals surface area contributed by atoms with Crippen LogP contribution in [-0.2, 0) is 4.79 Å². The summed E-state index contributed by atoms with van der Waals surface area (Å²) in [6, 6.07) is -0.914. The van der Waals surface area contributed by atoms with Crippen molar-refractivity contribution in [2.45, 2.75) is 111 Å². The number of rotatable bonds is 8. The molecule has 0 aromatic heterocycles. The van der Waals surface area contributed by atoms with Gasteiger partial charge in [0.05, 0.1) is 14.1 Å². The average Bonchev–Trinajstić information content (AvgIpc) is 3.15. The van der Waals surface area contributed by atoms with Gasteiger partial charge in [0.15, 0.2) is 6.04 Å². The first kappa shape index (κ1) is 28.6. The lowest BCUT2D eigenvalue weighted by Gasteiger charge is -2.59. The van der Waals surface area contributed by atoms with Crippen LogP contribution in [-0.4, -0.2) is 46.9 Å². The van der Waals surface area contributed by atoms with E-state index in [0.29, 0.717) is 11.3 Å². The third-order valence-electron chi connectivity index (χ3n) is 12.2. The van der Waals surface area contributed by atoms with E-state index in [1.165, 1.54) is 64.6 Å². The molecule has 4 aliphatic rings. The highest BCUT2D eigenvalue weighted by atomic mass is 16.4. The number of carboxylic acid groups (broad SMARTS) is 2. The molecule has 4 aliphatic carbocycles. The number of hydrogen-bond donors (Lipinski definition) is 2. The van der Waals surface area contributed by atoms with Crippen LogP contribution in [0.15, 0.2) is 11.6 Å². The molecule has 4 rings (SSSR count). The number of amides is 1. The minimum atomic E-state index is -1.07. The maximum Gasteiger partial charge on any atom is 0.513 e. The summed E-state index contributed by atoms with van der Waals surface area (Å²) >= 11 is 0. The molecular formula is C32H54NO4+. The highest BCUT2D eigenvalue weighted by Gasteiger charge is 2.60. The van der Waals surface area contributed by atoms with Gasteiger partial charge in [-0.05, 0) is 97.7 Å². The lowest BCUT2D eigenvalue weighted by atomic mass is 9.46. The zero-order valence-electron chi connectivity index (χ0n) is 24.6. The Balaban J connectivity index is 1.51.